The van der Waals surface area contributed by atoms with E-state index in [1.54, 1.807) is 0 Å². The van der Waals surface area contributed by atoms with Crippen molar-refractivity contribution in [3.63, 3.8) is 0 Å². The van der Waals surface area contributed by atoms with Gasteiger partial charge in [-0.05, 0) is 41.8 Å². The molecule has 1 unspecified atom stereocenters. The summed E-state index contributed by atoms with van der Waals surface area (Å²) in [4.78, 5) is 0. The van der Waals surface area contributed by atoms with Gasteiger partial charge in [0.05, 0.1) is 12.6 Å². The van der Waals surface area contributed by atoms with Gasteiger partial charge >= 0.3 is 0 Å². The molecule has 0 aliphatic heterocycles. The summed E-state index contributed by atoms with van der Waals surface area (Å²) in [5, 5.41) is 0. The van der Waals surface area contributed by atoms with Gasteiger partial charge in [-0.2, -0.15) is 0 Å². The highest BCUT2D eigenvalue weighted by molar-refractivity contribution is 5.35. The van der Waals surface area contributed by atoms with Crippen LogP contribution in [0.4, 0.5) is 8.78 Å². The number of ether oxygens (including phenoxy) is 1. The van der Waals surface area contributed by atoms with Crippen LogP contribution in [-0.4, -0.2) is 6.61 Å². The quantitative estimate of drug-likeness (QED) is 0.902. The van der Waals surface area contributed by atoms with Crippen molar-refractivity contribution >= 4 is 0 Å². The second-order valence-electron chi connectivity index (χ2n) is 4.57. The first-order chi connectivity index (χ1) is 9.61. The fraction of sp³-hybridized carbons (Fsp3) is 0.250. The molecule has 2 aromatic rings. The molecule has 20 heavy (non-hydrogen) atoms. The molecule has 2 N–H and O–H groups in total. The number of hydrogen-bond donors (Lipinski definition) is 1. The Labute approximate surface area is 117 Å². The molecule has 0 aliphatic carbocycles. The molecule has 0 heterocycles. The van der Waals surface area contributed by atoms with Gasteiger partial charge < -0.3 is 10.5 Å². The Hall–Kier alpha value is -1.94. The van der Waals surface area contributed by atoms with Gasteiger partial charge in [-0.25, -0.2) is 8.78 Å². The predicted octanol–water partition coefficient (Wildman–Crippen LogP) is 3.80. The van der Waals surface area contributed by atoms with Crippen LogP contribution < -0.4 is 10.5 Å². The molecule has 0 radical (unpaired) electrons. The van der Waals surface area contributed by atoms with E-state index in [9.17, 15) is 8.78 Å². The molecule has 1 atom stereocenters. The van der Waals surface area contributed by atoms with Gasteiger partial charge in [0.15, 0.2) is 11.6 Å². The summed E-state index contributed by atoms with van der Waals surface area (Å²) in [6, 6.07) is 10.5. The van der Waals surface area contributed by atoms with Gasteiger partial charge in [-0.1, -0.05) is 25.1 Å². The Morgan fingerprint density at radius 3 is 2.25 bits per heavy atom. The molecule has 0 fully saturated rings. The molecule has 2 aromatic carbocycles. The van der Waals surface area contributed by atoms with Crippen molar-refractivity contribution in [3.05, 3.63) is 65.2 Å². The van der Waals surface area contributed by atoms with Crippen LogP contribution in [0.5, 0.6) is 5.75 Å². The first kappa shape index (κ1) is 14.5. The normalized spacial score (nSPS) is 12.2. The smallest absolute Gasteiger partial charge is 0.159 e. The van der Waals surface area contributed by atoms with Crippen LogP contribution in [-0.2, 0) is 0 Å². The Balaban J connectivity index is 2.15. The summed E-state index contributed by atoms with van der Waals surface area (Å²) >= 11 is 0. The SMILES string of the molecule is CCCOc1ccc(C(N)c2ccc(F)c(F)c2)cc1. The van der Waals surface area contributed by atoms with Crippen molar-refractivity contribution in [2.75, 3.05) is 6.61 Å². The first-order valence-corrected chi connectivity index (χ1v) is 6.55. The minimum atomic E-state index is -0.888. The van der Waals surface area contributed by atoms with Gasteiger partial charge in [0.25, 0.3) is 0 Å². The fourth-order valence-electron chi connectivity index (χ4n) is 1.89. The van der Waals surface area contributed by atoms with Crippen LogP contribution in [0.15, 0.2) is 42.5 Å². The summed E-state index contributed by atoms with van der Waals surface area (Å²) in [5.74, 6) is -0.988. The molecule has 2 nitrogen and oxygen atoms in total. The lowest BCUT2D eigenvalue weighted by molar-refractivity contribution is 0.317. The van der Waals surface area contributed by atoms with Crippen molar-refractivity contribution in [1.29, 1.82) is 0 Å². The number of nitrogens with two attached hydrogens (primary N) is 1. The zero-order valence-electron chi connectivity index (χ0n) is 11.3. The Kier molecular flexibility index (Phi) is 4.69. The lowest BCUT2D eigenvalue weighted by Crippen LogP contribution is -2.12. The molecule has 0 amide bonds. The molecule has 2 rings (SSSR count). The standard InChI is InChI=1S/C16H17F2NO/c1-2-9-20-13-6-3-11(4-7-13)16(19)12-5-8-14(17)15(18)10-12/h3-8,10,16H,2,9,19H2,1H3. The Morgan fingerprint density at radius 1 is 1.00 bits per heavy atom. The molecule has 106 valence electrons. The second kappa shape index (κ2) is 6.48. The van der Waals surface area contributed by atoms with Gasteiger partial charge in [0.2, 0.25) is 0 Å². The maximum absolute atomic E-state index is 13.2. The van der Waals surface area contributed by atoms with Gasteiger partial charge in [0, 0.05) is 0 Å². The first-order valence-electron chi connectivity index (χ1n) is 6.55. The molecule has 0 saturated heterocycles. The average Bonchev–Trinajstić information content (AvgIpc) is 2.48. The zero-order chi connectivity index (χ0) is 14.5. The van der Waals surface area contributed by atoms with Crippen LogP contribution >= 0.6 is 0 Å². The minimum Gasteiger partial charge on any atom is -0.494 e. The van der Waals surface area contributed by atoms with Crippen molar-refractivity contribution in [3.8, 4) is 5.75 Å². The maximum Gasteiger partial charge on any atom is 0.159 e. The zero-order valence-corrected chi connectivity index (χ0v) is 11.3. The fourth-order valence-corrected chi connectivity index (χ4v) is 1.89. The Morgan fingerprint density at radius 2 is 1.65 bits per heavy atom. The third-order valence-corrected chi connectivity index (χ3v) is 3.01. The molecule has 4 heteroatoms. The van der Waals surface area contributed by atoms with Crippen LogP contribution in [0.25, 0.3) is 0 Å². The van der Waals surface area contributed by atoms with Gasteiger partial charge in [-0.3, -0.25) is 0 Å². The van der Waals surface area contributed by atoms with Gasteiger partial charge in [0.1, 0.15) is 5.75 Å². The maximum atomic E-state index is 13.2. The monoisotopic (exact) mass is 277 g/mol. The van der Waals surface area contributed by atoms with E-state index in [4.69, 9.17) is 10.5 Å². The molecule has 0 aliphatic rings. The van der Waals surface area contributed by atoms with Crippen molar-refractivity contribution in [2.24, 2.45) is 5.73 Å². The molecule has 0 saturated carbocycles. The number of hydrogen-bond acceptors (Lipinski definition) is 2. The lowest BCUT2D eigenvalue weighted by atomic mass is 9.99. The van der Waals surface area contributed by atoms with E-state index in [0.717, 1.165) is 29.9 Å². The minimum absolute atomic E-state index is 0.495. The summed E-state index contributed by atoms with van der Waals surface area (Å²) in [7, 11) is 0. The highest BCUT2D eigenvalue weighted by Gasteiger charge is 2.11. The topological polar surface area (TPSA) is 35.2 Å². The number of halogens is 2. The van der Waals surface area contributed by atoms with Crippen molar-refractivity contribution in [2.45, 2.75) is 19.4 Å². The summed E-state index contributed by atoms with van der Waals surface area (Å²) < 4.78 is 31.6. The molecular formula is C16H17F2NO. The van der Waals surface area contributed by atoms with E-state index in [2.05, 4.69) is 0 Å². The number of rotatable bonds is 5. The van der Waals surface area contributed by atoms with E-state index in [1.807, 2.05) is 31.2 Å². The van der Waals surface area contributed by atoms with Crippen LogP contribution in [0.3, 0.4) is 0 Å². The third-order valence-electron chi connectivity index (χ3n) is 3.01. The van der Waals surface area contributed by atoms with Crippen LogP contribution in [0.1, 0.15) is 30.5 Å². The summed E-state index contributed by atoms with van der Waals surface area (Å²) in [6.07, 6.45) is 0.941. The molecule has 0 spiro atoms. The second-order valence-corrected chi connectivity index (χ2v) is 4.57. The molecule has 0 bridgehead atoms. The van der Waals surface area contributed by atoms with E-state index < -0.39 is 17.7 Å². The summed E-state index contributed by atoms with van der Waals surface area (Å²) in [6.45, 7) is 2.70. The van der Waals surface area contributed by atoms with E-state index in [-0.39, 0.29) is 0 Å². The Bertz CT molecular complexity index is 569. The van der Waals surface area contributed by atoms with Crippen molar-refractivity contribution < 1.29 is 13.5 Å². The van der Waals surface area contributed by atoms with E-state index in [0.29, 0.717) is 12.2 Å². The van der Waals surface area contributed by atoms with Crippen molar-refractivity contribution in [1.82, 2.24) is 0 Å². The van der Waals surface area contributed by atoms with E-state index in [1.165, 1.54) is 6.07 Å². The van der Waals surface area contributed by atoms with Crippen LogP contribution in [0.2, 0.25) is 0 Å². The van der Waals surface area contributed by atoms with E-state index >= 15 is 0 Å². The van der Waals surface area contributed by atoms with Gasteiger partial charge in [-0.15, -0.1) is 0 Å². The lowest BCUT2D eigenvalue weighted by Gasteiger charge is -2.13. The molecule has 0 aromatic heterocycles. The highest BCUT2D eigenvalue weighted by atomic mass is 19.2. The third kappa shape index (κ3) is 3.33. The number of benzene rings is 2. The largest absolute Gasteiger partial charge is 0.494 e. The van der Waals surface area contributed by atoms with Crippen LogP contribution in [0, 0.1) is 11.6 Å². The average molecular weight is 277 g/mol. The highest BCUT2D eigenvalue weighted by Crippen LogP contribution is 2.23. The molecular weight excluding hydrogens is 260 g/mol. The predicted molar refractivity (Wildman–Crippen MR) is 74.6 cm³/mol. The summed E-state index contributed by atoms with van der Waals surface area (Å²) in [5.41, 5.74) is 7.41.